The molecular weight excluding hydrogens is 664 g/mol. The van der Waals surface area contributed by atoms with E-state index in [4.69, 9.17) is 4.74 Å². The molecule has 0 unspecified atom stereocenters. The maximum atomic E-state index is 14.5. The van der Waals surface area contributed by atoms with Crippen molar-refractivity contribution in [2.75, 3.05) is 55.7 Å². The average Bonchev–Trinajstić information content (AvgIpc) is 3.37. The summed E-state index contributed by atoms with van der Waals surface area (Å²) in [5.74, 6) is 4.27. The van der Waals surface area contributed by atoms with E-state index in [1.165, 1.54) is 7.05 Å². The second-order valence-corrected chi connectivity index (χ2v) is 14.9. The predicted octanol–water partition coefficient (Wildman–Crippen LogP) is 5.73. The van der Waals surface area contributed by atoms with E-state index >= 15 is 0 Å². The summed E-state index contributed by atoms with van der Waals surface area (Å²) in [6, 6.07) is 7.68. The summed E-state index contributed by atoms with van der Waals surface area (Å²) >= 11 is 1.16. The molecule has 8 nitrogen and oxygen atoms in total. The Bertz CT molecular complexity index is 1760. The van der Waals surface area contributed by atoms with Crippen LogP contribution in [0, 0.1) is 17.7 Å². The molecule has 2 heterocycles. The van der Waals surface area contributed by atoms with Crippen LogP contribution >= 0.6 is 11.3 Å². The number of carbonyl (C=O) groups excluding carboxylic acids is 1. The summed E-state index contributed by atoms with van der Waals surface area (Å²) in [6.07, 6.45) is -2.13. The lowest BCUT2D eigenvalue weighted by Crippen LogP contribution is -2.48. The number of halogens is 5. The summed E-state index contributed by atoms with van der Waals surface area (Å²) in [7, 11) is -1.63. The highest BCUT2D eigenvalue weighted by Crippen LogP contribution is 2.40. The van der Waals surface area contributed by atoms with Crippen LogP contribution in [-0.2, 0) is 16.3 Å². The number of nitrogens with one attached hydrogen (secondary N) is 3. The largest absolute Gasteiger partial charge is 0.461 e. The Morgan fingerprint density at radius 3 is 2.49 bits per heavy atom. The molecular formula is C32H35F5N4O4S2. The second-order valence-electron chi connectivity index (χ2n) is 11.5. The molecule has 3 N–H and O–H groups in total. The zero-order chi connectivity index (χ0) is 33.8. The maximum Gasteiger partial charge on any atom is 0.393 e. The quantitative estimate of drug-likeness (QED) is 0.194. The van der Waals surface area contributed by atoms with Gasteiger partial charge < -0.3 is 20.7 Å². The van der Waals surface area contributed by atoms with Gasteiger partial charge >= 0.3 is 6.18 Å². The number of rotatable bonds is 9. The van der Waals surface area contributed by atoms with Crippen LogP contribution < -0.4 is 20.7 Å². The van der Waals surface area contributed by atoms with Gasteiger partial charge in [-0.15, -0.1) is 11.3 Å². The minimum Gasteiger partial charge on any atom is -0.461 e. The first-order valence-corrected chi connectivity index (χ1v) is 17.8. The van der Waals surface area contributed by atoms with Gasteiger partial charge in [0.1, 0.15) is 11.6 Å². The van der Waals surface area contributed by atoms with Gasteiger partial charge in [0, 0.05) is 38.3 Å². The fourth-order valence-electron chi connectivity index (χ4n) is 6.10. The molecule has 0 bridgehead atoms. The summed E-state index contributed by atoms with van der Waals surface area (Å²) in [6.45, 7) is -0.258. The van der Waals surface area contributed by atoms with Gasteiger partial charge in [-0.25, -0.2) is 17.2 Å². The van der Waals surface area contributed by atoms with E-state index in [1.54, 1.807) is 12.1 Å². The number of amides is 1. The third kappa shape index (κ3) is 8.65. The average molecular weight is 699 g/mol. The molecule has 2 aromatic carbocycles. The highest BCUT2D eigenvalue weighted by Gasteiger charge is 2.32. The summed E-state index contributed by atoms with van der Waals surface area (Å²) in [5, 5.41) is 9.07. The van der Waals surface area contributed by atoms with E-state index in [1.807, 2.05) is 6.07 Å². The van der Waals surface area contributed by atoms with Crippen molar-refractivity contribution in [2.45, 2.75) is 50.4 Å². The number of thiophene rings is 1. The molecule has 0 spiro atoms. The lowest BCUT2D eigenvalue weighted by Gasteiger charge is -2.39. The minimum absolute atomic E-state index is 0.0282. The molecule has 1 amide bonds. The molecule has 47 heavy (non-hydrogen) atoms. The molecule has 1 aromatic heterocycles. The van der Waals surface area contributed by atoms with E-state index in [0.29, 0.717) is 29.2 Å². The van der Waals surface area contributed by atoms with Crippen molar-refractivity contribution in [1.29, 1.82) is 0 Å². The van der Waals surface area contributed by atoms with E-state index in [-0.39, 0.29) is 51.5 Å². The van der Waals surface area contributed by atoms with Gasteiger partial charge in [0.15, 0.2) is 9.84 Å². The van der Waals surface area contributed by atoms with Gasteiger partial charge in [-0.2, -0.15) is 13.2 Å². The third-order valence-corrected chi connectivity index (χ3v) is 11.3. The van der Waals surface area contributed by atoms with Crippen LogP contribution in [0.2, 0.25) is 0 Å². The second kappa shape index (κ2) is 14.7. The van der Waals surface area contributed by atoms with Crippen LogP contribution in [-0.4, -0.2) is 82.5 Å². The van der Waals surface area contributed by atoms with E-state index < -0.39 is 41.0 Å². The first kappa shape index (κ1) is 34.7. The Morgan fingerprint density at radius 1 is 1.11 bits per heavy atom. The van der Waals surface area contributed by atoms with Crippen molar-refractivity contribution in [3.05, 3.63) is 52.2 Å². The Labute approximate surface area is 274 Å². The molecule has 2 aliphatic rings. The lowest BCUT2D eigenvalue weighted by molar-refractivity contribution is -0.126. The molecule has 3 aromatic rings. The Balaban J connectivity index is 1.32. The first-order valence-electron chi connectivity index (χ1n) is 15.2. The summed E-state index contributed by atoms with van der Waals surface area (Å²) in [4.78, 5) is 14.4. The number of hydrogen-bond donors (Lipinski definition) is 3. The number of nitrogens with zero attached hydrogens (tertiary/aromatic N) is 1. The van der Waals surface area contributed by atoms with Crippen molar-refractivity contribution in [3.63, 3.8) is 0 Å². The number of anilines is 2. The molecule has 1 aliphatic heterocycles. The van der Waals surface area contributed by atoms with Gasteiger partial charge in [0.2, 0.25) is 6.86 Å². The van der Waals surface area contributed by atoms with Crippen molar-refractivity contribution < 1.29 is 39.9 Å². The fraction of sp³-hybridized carbons (Fsp3) is 0.469. The molecule has 1 saturated heterocycles. The topological polar surface area (TPSA) is 99.8 Å². The molecule has 0 radical (unpaired) electrons. The van der Waals surface area contributed by atoms with Gasteiger partial charge in [0.25, 0.3) is 5.91 Å². The lowest BCUT2D eigenvalue weighted by atomic mass is 9.90. The van der Waals surface area contributed by atoms with Crippen LogP contribution in [0.15, 0.2) is 30.3 Å². The van der Waals surface area contributed by atoms with Gasteiger partial charge in [0.05, 0.1) is 51.0 Å². The maximum absolute atomic E-state index is 14.5. The van der Waals surface area contributed by atoms with Crippen molar-refractivity contribution in [3.8, 4) is 17.6 Å². The van der Waals surface area contributed by atoms with Crippen LogP contribution in [0.1, 0.15) is 46.5 Å². The van der Waals surface area contributed by atoms with Crippen molar-refractivity contribution in [2.24, 2.45) is 0 Å². The van der Waals surface area contributed by atoms with Crippen molar-refractivity contribution in [1.82, 2.24) is 10.2 Å². The molecule has 0 atom stereocenters. The van der Waals surface area contributed by atoms with E-state index in [2.05, 4.69) is 32.7 Å². The Kier molecular flexibility index (Phi) is 10.8. The highest BCUT2D eigenvalue weighted by molar-refractivity contribution is 7.91. The van der Waals surface area contributed by atoms with E-state index in [9.17, 15) is 35.2 Å². The molecule has 5 rings (SSSR count). The first-order chi connectivity index (χ1) is 22.4. The van der Waals surface area contributed by atoms with E-state index in [0.717, 1.165) is 54.8 Å². The van der Waals surface area contributed by atoms with Gasteiger partial charge in [-0.05, 0) is 48.8 Å². The van der Waals surface area contributed by atoms with Crippen LogP contribution in [0.3, 0.4) is 0 Å². The minimum atomic E-state index is -4.47. The fourth-order valence-corrected chi connectivity index (χ4v) is 8.50. The number of ether oxygens (including phenoxy) is 1. The molecule has 254 valence electrons. The normalized spacial score (nSPS) is 19.9. The standard InChI is InChI=1S/C32H35F5N4O4S2/c1-38-31(42)23-16-28(45-19-33)27(17-25(23)34)39-11-3-6-29-24(18-32(35,36)37)22-4-2-5-26(30(22)46-29)40-20-7-9-21(10-8-20)41-12-14-47(43,44)15-13-41/h2,4-5,16-17,20-21,39-40H,7-15,18-19H2,1H3,(H,38,42). The molecule has 1 saturated carbocycles. The smallest absolute Gasteiger partial charge is 0.393 e. The number of hydrogen-bond acceptors (Lipinski definition) is 8. The van der Waals surface area contributed by atoms with Gasteiger partial charge in [-0.3, -0.25) is 9.69 Å². The Hall–Kier alpha value is -3.61. The summed E-state index contributed by atoms with van der Waals surface area (Å²) in [5.41, 5.74) is 0.487. The third-order valence-electron chi connectivity index (χ3n) is 8.47. The highest BCUT2D eigenvalue weighted by atomic mass is 32.2. The van der Waals surface area contributed by atoms with Crippen LogP contribution in [0.4, 0.5) is 33.3 Å². The molecule has 2 fully saturated rings. The number of alkyl halides is 4. The monoisotopic (exact) mass is 698 g/mol. The van der Waals surface area contributed by atoms with Crippen molar-refractivity contribution >= 4 is 48.5 Å². The molecule has 15 heteroatoms. The van der Waals surface area contributed by atoms with Gasteiger partial charge in [-0.1, -0.05) is 24.0 Å². The molecule has 1 aliphatic carbocycles. The zero-order valence-corrected chi connectivity index (χ0v) is 27.2. The number of carbonyl (C=O) groups is 1. The zero-order valence-electron chi connectivity index (χ0n) is 25.6. The number of fused-ring (bicyclic) bond motifs is 1. The number of benzene rings is 2. The SMILES string of the molecule is CNC(=O)c1cc(OCF)c(NCC#Cc2sc3c(NC4CCC(N5CCS(=O)(=O)CC5)CC4)cccc3c2CC(F)(F)F)cc1F. The van der Waals surface area contributed by atoms with Crippen LogP contribution in [0.25, 0.3) is 10.1 Å². The number of sulfone groups is 1. The summed E-state index contributed by atoms with van der Waals surface area (Å²) < 4.78 is 97.8. The Morgan fingerprint density at radius 2 is 1.83 bits per heavy atom. The van der Waals surface area contributed by atoms with Crippen LogP contribution in [0.5, 0.6) is 5.75 Å². The predicted molar refractivity (Wildman–Crippen MR) is 173 cm³/mol.